The van der Waals surface area contributed by atoms with Crippen LogP contribution in [-0.2, 0) is 34.3 Å². The van der Waals surface area contributed by atoms with Crippen molar-refractivity contribution in [2.75, 3.05) is 32.4 Å². The fourth-order valence-electron chi connectivity index (χ4n) is 2.46. The van der Waals surface area contributed by atoms with Crippen LogP contribution in [0, 0.1) is 0 Å². The zero-order valence-electron chi connectivity index (χ0n) is 17.2. The smallest absolute Gasteiger partial charge is 0.731 e. The van der Waals surface area contributed by atoms with E-state index in [2.05, 4.69) is 25.6 Å². The fourth-order valence-corrected chi connectivity index (χ4v) is 4.06. The van der Waals surface area contributed by atoms with Crippen molar-refractivity contribution in [3.63, 3.8) is 0 Å². The van der Waals surface area contributed by atoms with Crippen molar-refractivity contribution in [3.05, 3.63) is 11.1 Å². The number of anilines is 1. The van der Waals surface area contributed by atoms with Crippen LogP contribution >= 0.6 is 22.9 Å². The van der Waals surface area contributed by atoms with E-state index in [9.17, 15) is 32.1 Å². The molecule has 0 unspecified atom stereocenters. The first-order valence-electron chi connectivity index (χ1n) is 8.16. The van der Waals surface area contributed by atoms with E-state index in [1.54, 1.807) is 0 Å². The Morgan fingerprint density at radius 3 is 2.53 bits per heavy atom. The van der Waals surface area contributed by atoms with Crippen LogP contribution in [0.3, 0.4) is 0 Å². The van der Waals surface area contributed by atoms with Gasteiger partial charge in [-0.05, 0) is 0 Å². The van der Waals surface area contributed by atoms with Gasteiger partial charge in [-0.3, -0.25) is 19.2 Å². The van der Waals surface area contributed by atoms with Crippen LogP contribution in [-0.4, -0.2) is 95.7 Å². The van der Waals surface area contributed by atoms with E-state index in [0.29, 0.717) is 0 Å². The van der Waals surface area contributed by atoms with Crippen molar-refractivity contribution < 1.29 is 66.5 Å². The molecule has 1 fully saturated rings. The summed E-state index contributed by atoms with van der Waals surface area (Å²) in [5.74, 6) is -4.08. The van der Waals surface area contributed by atoms with Crippen molar-refractivity contribution in [2.45, 2.75) is 12.1 Å². The average molecular weight is 519 g/mol. The number of alkyl halides is 1. The molecule has 14 nitrogen and oxygen atoms in total. The molecule has 1 saturated heterocycles. The number of hydrogen-bond donors (Lipinski definition) is 2. The molecule has 1 aliphatic rings. The van der Waals surface area contributed by atoms with Gasteiger partial charge in [0, 0.05) is 19.5 Å². The molecular formula is C14H16ClN6NaO8S2. The largest absolute Gasteiger partial charge is 1.00 e. The molecule has 0 spiro atoms. The minimum Gasteiger partial charge on any atom is -0.731 e. The number of oxime groups is 1. The monoisotopic (exact) mass is 518 g/mol. The van der Waals surface area contributed by atoms with E-state index >= 15 is 0 Å². The van der Waals surface area contributed by atoms with Gasteiger partial charge in [0.25, 0.3) is 11.8 Å². The predicted molar refractivity (Wildman–Crippen MR) is 106 cm³/mol. The van der Waals surface area contributed by atoms with Crippen LogP contribution in [0.2, 0.25) is 0 Å². The average Bonchev–Trinajstić information content (AvgIpc) is 3.13. The first-order chi connectivity index (χ1) is 14.4. The van der Waals surface area contributed by atoms with Crippen molar-refractivity contribution in [2.24, 2.45) is 5.16 Å². The number of aromatic nitrogens is 1. The number of hydrogen-bond acceptors (Lipinski definition) is 11. The van der Waals surface area contributed by atoms with Crippen LogP contribution in [0.5, 0.6) is 0 Å². The summed E-state index contributed by atoms with van der Waals surface area (Å²) in [5, 5.41) is 9.51. The van der Waals surface area contributed by atoms with E-state index in [1.165, 1.54) is 19.5 Å². The Bertz CT molecular complexity index is 1050. The van der Waals surface area contributed by atoms with Gasteiger partial charge in [-0.1, -0.05) is 5.16 Å². The second kappa shape index (κ2) is 11.4. The summed E-state index contributed by atoms with van der Waals surface area (Å²) in [6, 6.07) is -3.39. The van der Waals surface area contributed by atoms with Crippen LogP contribution < -0.4 is 40.2 Å². The summed E-state index contributed by atoms with van der Waals surface area (Å²) in [6.07, 6.45) is 0. The molecule has 170 valence electrons. The molecule has 2 N–H and O–H groups in total. The van der Waals surface area contributed by atoms with Gasteiger partial charge in [-0.15, -0.1) is 22.9 Å². The molecule has 4 amide bonds. The zero-order valence-corrected chi connectivity index (χ0v) is 21.6. The van der Waals surface area contributed by atoms with E-state index in [1.807, 2.05) is 0 Å². The topological polar surface area (TPSA) is 190 Å². The van der Waals surface area contributed by atoms with E-state index in [-0.39, 0.29) is 50.6 Å². The van der Waals surface area contributed by atoms with Crippen LogP contribution in [0.4, 0.5) is 5.13 Å². The Morgan fingerprint density at radius 1 is 1.41 bits per heavy atom. The Kier molecular flexibility index (Phi) is 10.0. The summed E-state index contributed by atoms with van der Waals surface area (Å²) in [5.41, 5.74) is -0.484. The number of carbonyl (C=O) groups excluding carboxylic acids is 4. The fraction of sp³-hybridized carbons (Fsp3) is 0.429. The summed E-state index contributed by atoms with van der Waals surface area (Å²) >= 11 is 6.34. The van der Waals surface area contributed by atoms with Gasteiger partial charge in [-0.2, -0.15) is 0 Å². The van der Waals surface area contributed by atoms with Crippen LogP contribution in [0.25, 0.3) is 0 Å². The second-order valence-electron chi connectivity index (χ2n) is 6.06. The maximum absolute atomic E-state index is 12.7. The van der Waals surface area contributed by atoms with Gasteiger partial charge < -0.3 is 24.9 Å². The number of nitrogens with one attached hydrogen (secondary N) is 2. The zero-order chi connectivity index (χ0) is 23.5. The maximum Gasteiger partial charge on any atom is 1.00 e. The molecule has 2 rings (SSSR count). The normalized spacial score (nSPS) is 18.2. The van der Waals surface area contributed by atoms with Gasteiger partial charge in [-0.25, -0.2) is 17.7 Å². The van der Waals surface area contributed by atoms with Crippen molar-refractivity contribution in [1.82, 2.24) is 19.5 Å². The van der Waals surface area contributed by atoms with Gasteiger partial charge in [0.1, 0.15) is 24.7 Å². The number of thiazole rings is 1. The predicted octanol–water partition coefficient (Wildman–Crippen LogP) is -5.08. The molecule has 0 aliphatic carbocycles. The number of carbonyl (C=O) groups is 4. The summed E-state index contributed by atoms with van der Waals surface area (Å²) in [7, 11) is -1.59. The number of amides is 4. The third-order valence-electron chi connectivity index (χ3n) is 3.79. The Hall–Kier alpha value is -1.82. The molecule has 2 atom stereocenters. The van der Waals surface area contributed by atoms with Gasteiger partial charge >= 0.3 is 29.6 Å². The van der Waals surface area contributed by atoms with Crippen molar-refractivity contribution in [1.29, 1.82) is 0 Å². The SMILES string of the molecule is CON=C(C(=O)N[C@H]1C(=O)N(S(=O)(=O)[O-])[C@H]1C(=O)N(C)C)c1csc(NC(=O)CCl)n1.[Na+]. The summed E-state index contributed by atoms with van der Waals surface area (Å²) < 4.78 is 33.9. The number of β-lactam (4-membered cyclic amide) rings is 1. The van der Waals surface area contributed by atoms with Crippen molar-refractivity contribution in [3.8, 4) is 0 Å². The molecule has 1 aromatic heterocycles. The van der Waals surface area contributed by atoms with E-state index < -0.39 is 51.7 Å². The first kappa shape index (κ1) is 28.2. The molecular weight excluding hydrogens is 503 g/mol. The molecule has 0 bridgehead atoms. The van der Waals surface area contributed by atoms with Gasteiger partial charge in [0.2, 0.25) is 11.8 Å². The number of halogens is 1. The minimum absolute atomic E-state index is 0. The molecule has 18 heteroatoms. The molecule has 32 heavy (non-hydrogen) atoms. The number of nitrogens with zero attached hydrogens (tertiary/aromatic N) is 4. The van der Waals surface area contributed by atoms with E-state index in [4.69, 9.17) is 11.6 Å². The van der Waals surface area contributed by atoms with Crippen LogP contribution in [0.1, 0.15) is 5.69 Å². The molecule has 1 aromatic rings. The quantitative estimate of drug-likeness (QED) is 0.0846. The standard InChI is InChI=1S/C14H17ClN6O8S2.Na/c1-20(2)13(25)10-9(12(24)21(10)31(26,27)28)18-11(23)8(19-29-3)6-5-30-14(16-6)17-7(22)4-15;/h5,9-10H,4H2,1-3H3,(H,18,23)(H,16,17,22)(H,26,27,28);/q;+1/p-1/t9-,10-;/m1./s1. The summed E-state index contributed by atoms with van der Waals surface area (Å²) in [6.45, 7) is 0. The molecule has 2 heterocycles. The molecule has 0 radical (unpaired) electrons. The molecule has 0 aromatic carbocycles. The van der Waals surface area contributed by atoms with Crippen LogP contribution in [0.15, 0.2) is 10.5 Å². The molecule has 1 aliphatic heterocycles. The maximum atomic E-state index is 12.7. The van der Waals surface area contributed by atoms with E-state index in [0.717, 1.165) is 23.3 Å². The third kappa shape index (κ3) is 6.15. The number of rotatable bonds is 8. The third-order valence-corrected chi connectivity index (χ3v) is 5.67. The second-order valence-corrected chi connectivity index (χ2v) is 8.44. The minimum atomic E-state index is -5.29. The van der Waals surface area contributed by atoms with Crippen molar-refractivity contribution >= 4 is 67.7 Å². The first-order valence-corrected chi connectivity index (χ1v) is 10.9. The number of likely N-dealkylation sites (N-methyl/N-ethyl adjacent to an activating group) is 1. The van der Waals surface area contributed by atoms with Gasteiger partial charge in [0.05, 0.1) is 0 Å². The Balaban J connectivity index is 0.00000512. The Morgan fingerprint density at radius 2 is 2.03 bits per heavy atom. The van der Waals surface area contributed by atoms with Gasteiger partial charge in [0.15, 0.2) is 27.2 Å². The molecule has 0 saturated carbocycles. The summed E-state index contributed by atoms with van der Waals surface area (Å²) in [4.78, 5) is 58.0. The Labute approximate surface area is 213 Å².